The van der Waals surface area contributed by atoms with Crippen LogP contribution in [-0.4, -0.2) is 54.1 Å². The van der Waals surface area contributed by atoms with E-state index in [0.29, 0.717) is 5.89 Å². The molecule has 1 aromatic carbocycles. The van der Waals surface area contributed by atoms with Crippen molar-refractivity contribution >= 4 is 0 Å². The first kappa shape index (κ1) is 16.6. The van der Waals surface area contributed by atoms with E-state index in [1.165, 1.54) is 38.8 Å². The van der Waals surface area contributed by atoms with E-state index in [-0.39, 0.29) is 0 Å². The van der Waals surface area contributed by atoms with Crippen molar-refractivity contribution in [3.05, 3.63) is 36.2 Å². The van der Waals surface area contributed by atoms with E-state index in [0.717, 1.165) is 42.7 Å². The van der Waals surface area contributed by atoms with Gasteiger partial charge >= 0.3 is 0 Å². The van der Waals surface area contributed by atoms with Crippen LogP contribution in [0.1, 0.15) is 31.4 Å². The molecule has 5 heteroatoms. The number of hydrogen-bond donors (Lipinski definition) is 0. The number of methoxy groups -OCH3 is 1. The Hall–Kier alpha value is -1.85. The number of piperidine rings is 1. The Bertz CT molecular complexity index is 669. The summed E-state index contributed by atoms with van der Waals surface area (Å²) in [6.07, 6.45) is 7.12. The first-order chi connectivity index (χ1) is 12.3. The molecule has 2 saturated heterocycles. The zero-order chi connectivity index (χ0) is 17.1. The summed E-state index contributed by atoms with van der Waals surface area (Å²) >= 11 is 0. The number of likely N-dealkylation sites (tertiary alicyclic amines) is 2. The second kappa shape index (κ2) is 7.58. The van der Waals surface area contributed by atoms with Gasteiger partial charge in [0.1, 0.15) is 12.0 Å². The van der Waals surface area contributed by atoms with E-state index in [2.05, 4.69) is 14.8 Å². The van der Waals surface area contributed by atoms with Gasteiger partial charge in [0.25, 0.3) is 0 Å². The Kier molecular flexibility index (Phi) is 5.04. The van der Waals surface area contributed by atoms with Gasteiger partial charge in [-0.05, 0) is 63.0 Å². The van der Waals surface area contributed by atoms with Crippen molar-refractivity contribution in [2.45, 2.75) is 38.3 Å². The van der Waals surface area contributed by atoms with Crippen LogP contribution in [0.4, 0.5) is 0 Å². The molecular weight excluding hydrogens is 314 g/mol. The molecule has 0 aliphatic carbocycles. The normalized spacial score (nSPS) is 20.2. The smallest absolute Gasteiger partial charge is 0.226 e. The molecule has 2 aliphatic heterocycles. The van der Waals surface area contributed by atoms with Crippen LogP contribution < -0.4 is 4.74 Å². The second-order valence-electron chi connectivity index (χ2n) is 7.12. The Morgan fingerprint density at radius 2 is 1.80 bits per heavy atom. The summed E-state index contributed by atoms with van der Waals surface area (Å²) in [5.74, 6) is 1.53. The van der Waals surface area contributed by atoms with Gasteiger partial charge in [0.2, 0.25) is 5.89 Å². The summed E-state index contributed by atoms with van der Waals surface area (Å²) in [4.78, 5) is 9.86. The van der Waals surface area contributed by atoms with Gasteiger partial charge in [-0.1, -0.05) is 0 Å². The zero-order valence-electron chi connectivity index (χ0n) is 15.0. The highest BCUT2D eigenvalue weighted by Gasteiger charge is 2.26. The average Bonchev–Trinajstić information content (AvgIpc) is 3.35. The van der Waals surface area contributed by atoms with Crippen LogP contribution >= 0.6 is 0 Å². The molecule has 0 bridgehead atoms. The van der Waals surface area contributed by atoms with Crippen LogP contribution in [0.5, 0.6) is 5.75 Å². The van der Waals surface area contributed by atoms with Crippen molar-refractivity contribution in [3.8, 4) is 17.2 Å². The summed E-state index contributed by atoms with van der Waals surface area (Å²) in [6, 6.07) is 8.63. The second-order valence-corrected chi connectivity index (χ2v) is 7.12. The molecule has 5 nitrogen and oxygen atoms in total. The predicted molar refractivity (Wildman–Crippen MR) is 97.6 cm³/mol. The van der Waals surface area contributed by atoms with Gasteiger partial charge in [0, 0.05) is 31.2 Å². The van der Waals surface area contributed by atoms with Gasteiger partial charge in [-0.25, -0.2) is 4.98 Å². The van der Waals surface area contributed by atoms with E-state index in [1.54, 1.807) is 13.4 Å². The number of rotatable bonds is 5. The molecule has 0 N–H and O–H groups in total. The lowest BCUT2D eigenvalue weighted by Gasteiger charge is -2.36. The largest absolute Gasteiger partial charge is 0.497 e. The predicted octanol–water partition coefficient (Wildman–Crippen LogP) is 3.41. The quantitative estimate of drug-likeness (QED) is 0.834. The highest BCUT2D eigenvalue weighted by molar-refractivity contribution is 5.54. The minimum atomic E-state index is 0.685. The lowest BCUT2D eigenvalue weighted by atomic mass is 10.0. The first-order valence-electron chi connectivity index (χ1n) is 9.37. The number of benzene rings is 1. The van der Waals surface area contributed by atoms with Gasteiger partial charge in [-0.15, -0.1) is 0 Å². The first-order valence-corrected chi connectivity index (χ1v) is 9.37. The molecule has 2 aliphatic rings. The molecule has 0 amide bonds. The number of aromatic nitrogens is 1. The molecule has 0 atom stereocenters. The summed E-state index contributed by atoms with van der Waals surface area (Å²) in [5.41, 5.74) is 2.00. The number of nitrogens with zero attached hydrogens (tertiary/aromatic N) is 3. The van der Waals surface area contributed by atoms with Crippen LogP contribution in [0, 0.1) is 0 Å². The summed E-state index contributed by atoms with van der Waals surface area (Å²) in [5, 5.41) is 0. The van der Waals surface area contributed by atoms with E-state index in [9.17, 15) is 0 Å². The van der Waals surface area contributed by atoms with Crippen LogP contribution in [0.25, 0.3) is 11.5 Å². The Morgan fingerprint density at radius 3 is 2.48 bits per heavy atom. The van der Waals surface area contributed by atoms with Gasteiger partial charge in [0.05, 0.1) is 12.8 Å². The topological polar surface area (TPSA) is 41.7 Å². The molecule has 0 saturated carbocycles. The average molecular weight is 341 g/mol. The molecule has 1 aromatic heterocycles. The fourth-order valence-electron chi connectivity index (χ4n) is 4.02. The fourth-order valence-corrected chi connectivity index (χ4v) is 4.02. The van der Waals surface area contributed by atoms with Crippen LogP contribution in [0.15, 0.2) is 34.9 Å². The molecule has 2 aromatic rings. The van der Waals surface area contributed by atoms with Gasteiger partial charge in [-0.3, -0.25) is 4.90 Å². The van der Waals surface area contributed by atoms with E-state index in [1.807, 2.05) is 24.3 Å². The third-order valence-corrected chi connectivity index (χ3v) is 5.49. The van der Waals surface area contributed by atoms with Crippen LogP contribution in [0.2, 0.25) is 0 Å². The van der Waals surface area contributed by atoms with Crippen molar-refractivity contribution in [1.29, 1.82) is 0 Å². The maximum Gasteiger partial charge on any atom is 0.226 e. The molecule has 3 heterocycles. The van der Waals surface area contributed by atoms with Gasteiger partial charge in [-0.2, -0.15) is 0 Å². The number of hydrogen-bond acceptors (Lipinski definition) is 5. The lowest BCUT2D eigenvalue weighted by Crippen LogP contribution is -2.43. The maximum absolute atomic E-state index is 5.68. The standard InChI is InChI=1S/C20H27N3O2/c1-24-19-6-4-16(5-7-19)20-21-17(15-25-20)14-22-12-8-18(9-13-22)23-10-2-3-11-23/h4-7,15,18H,2-3,8-14H2,1H3. The Morgan fingerprint density at radius 1 is 1.08 bits per heavy atom. The molecule has 0 spiro atoms. The SMILES string of the molecule is COc1ccc(-c2nc(CN3CCC(N4CCCC4)CC3)co2)cc1. The van der Waals surface area contributed by atoms with Crippen molar-refractivity contribution in [2.75, 3.05) is 33.3 Å². The molecule has 4 rings (SSSR count). The fraction of sp³-hybridized carbons (Fsp3) is 0.550. The van der Waals surface area contributed by atoms with Crippen molar-refractivity contribution in [1.82, 2.24) is 14.8 Å². The Labute approximate surface area is 149 Å². The van der Waals surface area contributed by atoms with E-state index >= 15 is 0 Å². The third kappa shape index (κ3) is 3.88. The highest BCUT2D eigenvalue weighted by atomic mass is 16.5. The summed E-state index contributed by atoms with van der Waals surface area (Å²) in [7, 11) is 1.67. The van der Waals surface area contributed by atoms with Crippen molar-refractivity contribution < 1.29 is 9.15 Å². The molecular formula is C20H27N3O2. The Balaban J connectivity index is 1.32. The van der Waals surface area contributed by atoms with Gasteiger partial charge < -0.3 is 14.1 Å². The summed E-state index contributed by atoms with van der Waals surface area (Å²) in [6.45, 7) is 5.81. The monoisotopic (exact) mass is 341 g/mol. The van der Waals surface area contributed by atoms with Crippen LogP contribution in [-0.2, 0) is 6.54 Å². The van der Waals surface area contributed by atoms with E-state index in [4.69, 9.17) is 9.15 Å². The maximum atomic E-state index is 5.68. The lowest BCUT2D eigenvalue weighted by molar-refractivity contribution is 0.122. The van der Waals surface area contributed by atoms with E-state index < -0.39 is 0 Å². The van der Waals surface area contributed by atoms with Crippen molar-refractivity contribution in [3.63, 3.8) is 0 Å². The zero-order valence-corrected chi connectivity index (χ0v) is 15.0. The number of ether oxygens (including phenoxy) is 1. The summed E-state index contributed by atoms with van der Waals surface area (Å²) < 4.78 is 10.9. The highest BCUT2D eigenvalue weighted by Crippen LogP contribution is 2.24. The molecule has 2 fully saturated rings. The molecule has 0 radical (unpaired) electrons. The molecule has 134 valence electrons. The minimum absolute atomic E-state index is 0.685. The van der Waals surface area contributed by atoms with Crippen molar-refractivity contribution in [2.24, 2.45) is 0 Å². The van der Waals surface area contributed by atoms with Crippen LogP contribution in [0.3, 0.4) is 0 Å². The number of oxazole rings is 1. The van der Waals surface area contributed by atoms with Gasteiger partial charge in [0.15, 0.2) is 0 Å². The molecule has 25 heavy (non-hydrogen) atoms. The minimum Gasteiger partial charge on any atom is -0.497 e. The molecule has 0 unspecified atom stereocenters. The third-order valence-electron chi connectivity index (χ3n) is 5.49.